The van der Waals surface area contributed by atoms with Crippen molar-refractivity contribution in [3.8, 4) is 11.4 Å². The number of carbonyl (C=O) groups is 1. The Morgan fingerprint density at radius 3 is 2.70 bits per heavy atom. The number of hydrogen-bond acceptors (Lipinski definition) is 5. The van der Waals surface area contributed by atoms with Crippen molar-refractivity contribution >= 4 is 38.5 Å². The van der Waals surface area contributed by atoms with Crippen molar-refractivity contribution in [2.75, 3.05) is 17.6 Å². The van der Waals surface area contributed by atoms with Gasteiger partial charge in [-0.05, 0) is 48.6 Å². The summed E-state index contributed by atoms with van der Waals surface area (Å²) in [5.41, 5.74) is 3.52. The van der Waals surface area contributed by atoms with Crippen LogP contribution in [0.2, 0.25) is 0 Å². The van der Waals surface area contributed by atoms with Gasteiger partial charge in [0.2, 0.25) is 0 Å². The number of nitrogens with one attached hydrogen (secondary N) is 2. The maximum Gasteiger partial charge on any atom is 0.259 e. The number of H-pyrrole nitrogens is 1. The van der Waals surface area contributed by atoms with Gasteiger partial charge >= 0.3 is 0 Å². The van der Waals surface area contributed by atoms with Gasteiger partial charge < -0.3 is 15.2 Å². The van der Waals surface area contributed by atoms with Crippen LogP contribution < -0.4 is 5.32 Å². The quantitative estimate of drug-likeness (QED) is 0.679. The Hall–Kier alpha value is -3.72. The number of fused-ring (bicyclic) bond motifs is 2. The molecule has 0 unspecified atom stereocenters. The van der Waals surface area contributed by atoms with Gasteiger partial charge in [0, 0.05) is 24.0 Å². The fourth-order valence-electron chi connectivity index (χ4n) is 3.39. The van der Waals surface area contributed by atoms with Crippen molar-refractivity contribution < 1.29 is 13.2 Å². The Morgan fingerprint density at radius 1 is 1.10 bits per heavy atom. The van der Waals surface area contributed by atoms with Crippen LogP contribution in [-0.4, -0.2) is 47.3 Å². The molecule has 2 aliphatic rings. The number of amidine groups is 1. The Labute approximate surface area is 172 Å². The van der Waals surface area contributed by atoms with E-state index in [2.05, 4.69) is 19.7 Å². The number of hydrogen-bond donors (Lipinski definition) is 2. The first kappa shape index (κ1) is 18.3. The third-order valence-electron chi connectivity index (χ3n) is 4.91. The Bertz CT molecular complexity index is 1320. The molecule has 2 N–H and O–H groups in total. The molecule has 0 saturated heterocycles. The predicted molar refractivity (Wildman–Crippen MR) is 115 cm³/mol. The highest BCUT2D eigenvalue weighted by Crippen LogP contribution is 2.23. The van der Waals surface area contributed by atoms with E-state index in [1.807, 2.05) is 36.4 Å². The number of carbonyl (C=O) groups excluding carboxylic acids is 1. The molecular weight excluding hydrogens is 402 g/mol. The van der Waals surface area contributed by atoms with Crippen LogP contribution in [0.3, 0.4) is 0 Å². The summed E-state index contributed by atoms with van der Waals surface area (Å²) in [6, 6.07) is 15.0. The molecule has 3 aromatic rings. The van der Waals surface area contributed by atoms with Gasteiger partial charge in [-0.1, -0.05) is 12.1 Å². The fourth-order valence-corrected chi connectivity index (χ4v) is 4.38. The van der Waals surface area contributed by atoms with E-state index >= 15 is 0 Å². The Morgan fingerprint density at radius 2 is 1.90 bits per heavy atom. The minimum atomic E-state index is -3.56. The van der Waals surface area contributed by atoms with Gasteiger partial charge in [-0.2, -0.15) is 0 Å². The number of aromatic nitrogens is 2. The van der Waals surface area contributed by atoms with Crippen molar-refractivity contribution in [2.45, 2.75) is 0 Å². The Balaban J connectivity index is 1.37. The van der Waals surface area contributed by atoms with Crippen molar-refractivity contribution in [2.24, 2.45) is 4.40 Å². The van der Waals surface area contributed by atoms with Crippen LogP contribution in [0.25, 0.3) is 22.4 Å². The number of imidazole rings is 1. The standard InChI is InChI=1S/C21H17N5O3S/c27-21(16-4-3-11-26-12-13-30(28,29)25-20(16)26)22-15-9-7-14(8-10-15)19-23-17-5-1-2-6-18(17)24-19/h1-11H,12-13H2,(H,22,27)(H,23,24). The molecule has 150 valence electrons. The second-order valence-corrected chi connectivity index (χ2v) is 8.70. The first-order valence-electron chi connectivity index (χ1n) is 9.33. The van der Waals surface area contributed by atoms with Crippen molar-refractivity contribution in [1.29, 1.82) is 0 Å². The molecule has 8 nitrogen and oxygen atoms in total. The van der Waals surface area contributed by atoms with E-state index in [0.717, 1.165) is 22.4 Å². The van der Waals surface area contributed by atoms with Crippen molar-refractivity contribution in [3.63, 3.8) is 0 Å². The lowest BCUT2D eigenvalue weighted by Gasteiger charge is -2.28. The lowest BCUT2D eigenvalue weighted by Crippen LogP contribution is -2.40. The number of amides is 1. The number of allylic oxidation sites excluding steroid dienone is 2. The van der Waals surface area contributed by atoms with Gasteiger partial charge in [0.1, 0.15) is 5.82 Å². The van der Waals surface area contributed by atoms with E-state index in [4.69, 9.17) is 0 Å². The molecule has 1 aromatic heterocycles. The number of anilines is 1. The van der Waals surface area contributed by atoms with Gasteiger partial charge in [0.05, 0.1) is 22.4 Å². The third-order valence-corrected chi connectivity index (χ3v) is 6.06. The minimum absolute atomic E-state index is 0.0704. The normalized spacial score (nSPS) is 17.3. The van der Waals surface area contributed by atoms with Crippen LogP contribution in [0.4, 0.5) is 5.69 Å². The molecule has 0 bridgehead atoms. The van der Waals surface area contributed by atoms with Crippen LogP contribution in [0, 0.1) is 0 Å². The zero-order chi connectivity index (χ0) is 20.7. The second-order valence-electron chi connectivity index (χ2n) is 6.95. The van der Waals surface area contributed by atoms with E-state index < -0.39 is 15.9 Å². The molecule has 5 rings (SSSR count). The van der Waals surface area contributed by atoms with E-state index in [-0.39, 0.29) is 23.7 Å². The van der Waals surface area contributed by atoms with E-state index in [1.165, 1.54) is 0 Å². The number of benzene rings is 2. The average molecular weight is 419 g/mol. The second kappa shape index (κ2) is 6.96. The molecular formula is C21H17N5O3S. The lowest BCUT2D eigenvalue weighted by molar-refractivity contribution is -0.112. The molecule has 30 heavy (non-hydrogen) atoms. The Kier molecular flexibility index (Phi) is 4.25. The highest BCUT2D eigenvalue weighted by atomic mass is 32.2. The summed E-state index contributed by atoms with van der Waals surface area (Å²) in [6.45, 7) is 0.272. The molecule has 0 fully saturated rings. The van der Waals surface area contributed by atoms with Gasteiger partial charge in [-0.15, -0.1) is 4.40 Å². The first-order chi connectivity index (χ1) is 14.5. The maximum atomic E-state index is 12.8. The van der Waals surface area contributed by atoms with Gasteiger partial charge in [-0.25, -0.2) is 13.4 Å². The lowest BCUT2D eigenvalue weighted by atomic mass is 10.1. The zero-order valence-electron chi connectivity index (χ0n) is 15.7. The monoisotopic (exact) mass is 419 g/mol. The molecule has 2 aliphatic heterocycles. The number of aromatic amines is 1. The molecule has 2 aromatic carbocycles. The molecule has 0 radical (unpaired) electrons. The third kappa shape index (κ3) is 3.39. The van der Waals surface area contributed by atoms with Crippen molar-refractivity contribution in [1.82, 2.24) is 14.9 Å². The van der Waals surface area contributed by atoms with E-state index in [9.17, 15) is 13.2 Å². The largest absolute Gasteiger partial charge is 0.338 e. The number of para-hydroxylation sites is 2. The summed E-state index contributed by atoms with van der Waals surface area (Å²) < 4.78 is 27.5. The van der Waals surface area contributed by atoms with Crippen molar-refractivity contribution in [3.05, 3.63) is 72.5 Å². The summed E-state index contributed by atoms with van der Waals surface area (Å²) in [4.78, 5) is 22.3. The van der Waals surface area contributed by atoms with Gasteiger partial charge in [0.25, 0.3) is 15.9 Å². The number of sulfonamides is 1. The minimum Gasteiger partial charge on any atom is -0.338 e. The van der Waals surface area contributed by atoms with Crippen LogP contribution in [0.5, 0.6) is 0 Å². The van der Waals surface area contributed by atoms with Gasteiger partial charge in [0.15, 0.2) is 5.84 Å². The van der Waals surface area contributed by atoms with Crippen LogP contribution >= 0.6 is 0 Å². The highest BCUT2D eigenvalue weighted by molar-refractivity contribution is 7.90. The zero-order valence-corrected chi connectivity index (χ0v) is 16.6. The van der Waals surface area contributed by atoms with Crippen LogP contribution in [0.15, 0.2) is 76.9 Å². The summed E-state index contributed by atoms with van der Waals surface area (Å²) >= 11 is 0. The average Bonchev–Trinajstić information content (AvgIpc) is 3.17. The topological polar surface area (TPSA) is 108 Å². The van der Waals surface area contributed by atoms with Gasteiger partial charge in [-0.3, -0.25) is 4.79 Å². The SMILES string of the molecule is O=C(Nc1ccc(-c2nc3ccccc3[nH]2)cc1)C1=CC=CN2CCS(=O)(=O)N=C12. The molecule has 3 heterocycles. The predicted octanol–water partition coefficient (Wildman–Crippen LogP) is 2.67. The summed E-state index contributed by atoms with van der Waals surface area (Å²) in [5.74, 6) is 0.405. The number of nitrogens with zero attached hydrogens (tertiary/aromatic N) is 3. The van der Waals surface area contributed by atoms with Crippen LogP contribution in [-0.2, 0) is 14.8 Å². The van der Waals surface area contributed by atoms with Crippen LogP contribution in [0.1, 0.15) is 0 Å². The molecule has 9 heteroatoms. The smallest absolute Gasteiger partial charge is 0.259 e. The molecule has 0 spiro atoms. The maximum absolute atomic E-state index is 12.8. The fraction of sp³-hybridized carbons (Fsp3) is 0.0952. The summed E-state index contributed by atoms with van der Waals surface area (Å²) in [6.07, 6.45) is 4.98. The molecule has 1 amide bonds. The molecule has 0 saturated carbocycles. The highest BCUT2D eigenvalue weighted by Gasteiger charge is 2.29. The summed E-state index contributed by atoms with van der Waals surface area (Å²) in [5, 5.41) is 2.80. The van der Waals surface area contributed by atoms with E-state index in [1.54, 1.807) is 35.4 Å². The molecule has 0 atom stereocenters. The first-order valence-corrected chi connectivity index (χ1v) is 10.9. The summed E-state index contributed by atoms with van der Waals surface area (Å²) in [7, 11) is -3.56. The van der Waals surface area contributed by atoms with E-state index in [0.29, 0.717) is 5.69 Å². The number of rotatable bonds is 3. The molecule has 0 aliphatic carbocycles.